The highest BCUT2D eigenvalue weighted by Crippen LogP contribution is 2.20. The molecule has 6 heteroatoms. The van der Waals surface area contributed by atoms with Crippen LogP contribution in [0.4, 0.5) is 0 Å². The molecule has 0 spiro atoms. The van der Waals surface area contributed by atoms with Gasteiger partial charge in [-0.2, -0.15) is 0 Å². The molecule has 1 amide bonds. The number of carbonyl (C=O) groups is 1. The van der Waals surface area contributed by atoms with Crippen molar-refractivity contribution in [3.05, 3.63) is 46.0 Å². The van der Waals surface area contributed by atoms with Crippen molar-refractivity contribution >= 4 is 11.6 Å². The van der Waals surface area contributed by atoms with Crippen LogP contribution >= 0.6 is 0 Å². The summed E-state index contributed by atoms with van der Waals surface area (Å²) in [6, 6.07) is 3.52. The van der Waals surface area contributed by atoms with Crippen molar-refractivity contribution in [2.75, 3.05) is 6.54 Å². The smallest absolute Gasteiger partial charge is 0.270 e. The summed E-state index contributed by atoms with van der Waals surface area (Å²) in [5.41, 5.74) is 7.38. The van der Waals surface area contributed by atoms with Gasteiger partial charge in [-0.3, -0.25) is 14.0 Å². The zero-order valence-electron chi connectivity index (χ0n) is 13.5. The van der Waals surface area contributed by atoms with Crippen LogP contribution in [0.1, 0.15) is 42.1 Å². The van der Waals surface area contributed by atoms with E-state index in [0.717, 1.165) is 24.8 Å². The van der Waals surface area contributed by atoms with Gasteiger partial charge in [-0.15, -0.1) is 0 Å². The molecule has 2 atom stereocenters. The van der Waals surface area contributed by atoms with E-state index in [-0.39, 0.29) is 29.1 Å². The van der Waals surface area contributed by atoms with E-state index in [2.05, 4.69) is 4.98 Å². The third-order valence-corrected chi connectivity index (χ3v) is 4.51. The molecule has 0 unspecified atom stereocenters. The maximum atomic E-state index is 12.9. The number of hydrogen-bond donors (Lipinski definition) is 1. The maximum Gasteiger partial charge on any atom is 0.270 e. The van der Waals surface area contributed by atoms with Crippen molar-refractivity contribution < 1.29 is 4.79 Å². The molecule has 0 radical (unpaired) electrons. The van der Waals surface area contributed by atoms with Gasteiger partial charge in [0.25, 0.3) is 11.5 Å². The van der Waals surface area contributed by atoms with Gasteiger partial charge in [-0.1, -0.05) is 0 Å². The number of nitrogens with two attached hydrogens (primary N) is 1. The molecule has 1 aliphatic heterocycles. The van der Waals surface area contributed by atoms with Crippen LogP contribution < -0.4 is 11.3 Å². The summed E-state index contributed by atoms with van der Waals surface area (Å²) in [6.07, 6.45) is 5.94. The topological polar surface area (TPSA) is 80.7 Å². The number of pyridine rings is 1. The molecule has 23 heavy (non-hydrogen) atoms. The van der Waals surface area contributed by atoms with Crippen LogP contribution in [0.25, 0.3) is 5.65 Å². The molecular formula is C17H22N4O2. The average Bonchev–Trinajstić information content (AvgIpc) is 2.54. The van der Waals surface area contributed by atoms with E-state index in [1.54, 1.807) is 11.1 Å². The van der Waals surface area contributed by atoms with Crippen LogP contribution in [-0.2, 0) is 0 Å². The monoisotopic (exact) mass is 314 g/mol. The molecule has 1 fully saturated rings. The molecule has 2 N–H and O–H groups in total. The first-order valence-corrected chi connectivity index (χ1v) is 8.03. The molecule has 3 rings (SSSR count). The number of aryl methyl sites for hydroxylation is 1. The van der Waals surface area contributed by atoms with Gasteiger partial charge in [0, 0.05) is 31.0 Å². The Balaban J connectivity index is 2.02. The van der Waals surface area contributed by atoms with Crippen molar-refractivity contribution in [3.63, 3.8) is 0 Å². The maximum absolute atomic E-state index is 12.9. The van der Waals surface area contributed by atoms with Crippen LogP contribution in [0.2, 0.25) is 0 Å². The van der Waals surface area contributed by atoms with E-state index in [1.165, 1.54) is 10.6 Å². The molecule has 0 aromatic carbocycles. The third-order valence-electron chi connectivity index (χ3n) is 4.51. The van der Waals surface area contributed by atoms with Crippen LogP contribution in [0.3, 0.4) is 0 Å². The minimum absolute atomic E-state index is 0.0191. The molecule has 122 valence electrons. The lowest BCUT2D eigenvalue weighted by atomic mass is 9.96. The summed E-state index contributed by atoms with van der Waals surface area (Å²) >= 11 is 0. The number of amides is 1. The Morgan fingerprint density at radius 2 is 2.22 bits per heavy atom. The summed E-state index contributed by atoms with van der Waals surface area (Å²) in [7, 11) is 0. The van der Waals surface area contributed by atoms with Gasteiger partial charge >= 0.3 is 0 Å². The van der Waals surface area contributed by atoms with E-state index >= 15 is 0 Å². The molecule has 0 bridgehead atoms. The van der Waals surface area contributed by atoms with Gasteiger partial charge in [0.15, 0.2) is 0 Å². The van der Waals surface area contributed by atoms with E-state index in [9.17, 15) is 9.59 Å². The second-order valence-electron chi connectivity index (χ2n) is 6.33. The molecule has 1 saturated heterocycles. The molecular weight excluding hydrogens is 292 g/mol. The van der Waals surface area contributed by atoms with Gasteiger partial charge in [-0.05, 0) is 50.8 Å². The fraction of sp³-hybridized carbons (Fsp3) is 0.471. The summed E-state index contributed by atoms with van der Waals surface area (Å²) in [6.45, 7) is 4.48. The van der Waals surface area contributed by atoms with Crippen molar-refractivity contribution in [2.45, 2.75) is 45.2 Å². The SMILES string of the molecule is Cc1ccn2c(=O)c(C(=O)N3CCCC[C@H]3[C@H](C)N)cnc2c1. The number of aromatic nitrogens is 2. The fourth-order valence-corrected chi connectivity index (χ4v) is 3.23. The van der Waals surface area contributed by atoms with E-state index in [1.807, 2.05) is 26.0 Å². The Morgan fingerprint density at radius 1 is 1.43 bits per heavy atom. The number of carbonyl (C=O) groups excluding carboxylic acids is 1. The molecule has 2 aromatic heterocycles. The van der Waals surface area contributed by atoms with Gasteiger partial charge in [0.1, 0.15) is 11.2 Å². The standard InChI is InChI=1S/C17H22N4O2/c1-11-6-8-21-15(9-11)19-10-13(17(21)23)16(22)20-7-4-3-5-14(20)12(2)18/h6,8-10,12,14H,3-5,7,18H2,1-2H3/t12-,14-/m0/s1. The quantitative estimate of drug-likeness (QED) is 0.907. The number of piperidine rings is 1. The molecule has 3 heterocycles. The predicted molar refractivity (Wildman–Crippen MR) is 88.5 cm³/mol. The normalized spacial score (nSPS) is 19.8. The number of hydrogen-bond acceptors (Lipinski definition) is 4. The third kappa shape index (κ3) is 2.86. The minimum Gasteiger partial charge on any atom is -0.334 e. The van der Waals surface area contributed by atoms with Gasteiger partial charge in [0.2, 0.25) is 0 Å². The van der Waals surface area contributed by atoms with Gasteiger partial charge in [-0.25, -0.2) is 4.98 Å². The molecule has 0 aliphatic carbocycles. The summed E-state index contributed by atoms with van der Waals surface area (Å²) < 4.78 is 1.42. The number of rotatable bonds is 2. The predicted octanol–water partition coefficient (Wildman–Crippen LogP) is 1.34. The summed E-state index contributed by atoms with van der Waals surface area (Å²) in [5.74, 6) is -0.264. The Kier molecular flexibility index (Phi) is 4.17. The Labute approximate surface area is 134 Å². The van der Waals surface area contributed by atoms with Gasteiger partial charge < -0.3 is 10.6 Å². The lowest BCUT2D eigenvalue weighted by molar-refractivity contribution is 0.0581. The lowest BCUT2D eigenvalue weighted by Crippen LogP contribution is -2.52. The molecule has 0 saturated carbocycles. The van der Waals surface area contributed by atoms with Crippen molar-refractivity contribution in [2.24, 2.45) is 5.73 Å². The fourth-order valence-electron chi connectivity index (χ4n) is 3.23. The highest BCUT2D eigenvalue weighted by molar-refractivity contribution is 5.94. The summed E-state index contributed by atoms with van der Waals surface area (Å²) in [5, 5.41) is 0. The van der Waals surface area contributed by atoms with Crippen LogP contribution in [0.5, 0.6) is 0 Å². The first kappa shape index (κ1) is 15.7. The lowest BCUT2D eigenvalue weighted by Gasteiger charge is -2.37. The van der Waals surface area contributed by atoms with Gasteiger partial charge in [0.05, 0.1) is 0 Å². The molecule has 2 aromatic rings. The van der Waals surface area contributed by atoms with Crippen LogP contribution in [0, 0.1) is 6.92 Å². The van der Waals surface area contributed by atoms with Crippen molar-refractivity contribution in [1.82, 2.24) is 14.3 Å². The van der Waals surface area contributed by atoms with Crippen molar-refractivity contribution in [3.8, 4) is 0 Å². The number of nitrogens with zero attached hydrogens (tertiary/aromatic N) is 3. The highest BCUT2D eigenvalue weighted by atomic mass is 16.2. The van der Waals surface area contributed by atoms with Crippen LogP contribution in [0.15, 0.2) is 29.3 Å². The zero-order chi connectivity index (χ0) is 16.6. The first-order valence-electron chi connectivity index (χ1n) is 8.03. The van der Waals surface area contributed by atoms with Crippen molar-refractivity contribution in [1.29, 1.82) is 0 Å². The number of likely N-dealkylation sites (tertiary alicyclic amines) is 1. The molecule has 6 nitrogen and oxygen atoms in total. The molecule has 1 aliphatic rings. The number of fused-ring (bicyclic) bond motifs is 1. The van der Waals surface area contributed by atoms with E-state index in [0.29, 0.717) is 12.2 Å². The Hall–Kier alpha value is -2.21. The first-order chi connectivity index (χ1) is 11.0. The highest BCUT2D eigenvalue weighted by Gasteiger charge is 2.31. The second-order valence-corrected chi connectivity index (χ2v) is 6.33. The Bertz CT molecular complexity index is 797. The largest absolute Gasteiger partial charge is 0.334 e. The summed E-state index contributed by atoms with van der Waals surface area (Å²) in [4.78, 5) is 31.5. The van der Waals surface area contributed by atoms with E-state index < -0.39 is 0 Å². The van der Waals surface area contributed by atoms with E-state index in [4.69, 9.17) is 5.73 Å². The minimum atomic E-state index is -0.325. The van der Waals surface area contributed by atoms with Crippen LogP contribution in [-0.4, -0.2) is 38.8 Å². The zero-order valence-corrected chi connectivity index (χ0v) is 13.5. The average molecular weight is 314 g/mol. The second kappa shape index (κ2) is 6.12. The Morgan fingerprint density at radius 3 is 2.96 bits per heavy atom.